The Kier molecular flexibility index (Phi) is 11.4. The Morgan fingerprint density at radius 3 is 1.30 bits per heavy atom. The molecular formula is C11H22F6N2O6S2. The SMILES string of the molecule is CC[N+](C)(CCOC)CCOC.O=S(=O)([N-]S(=O)(=O)C(F)(F)F)C(F)(F)F. The van der Waals surface area contributed by atoms with Crippen molar-refractivity contribution in [2.45, 2.75) is 17.9 Å². The van der Waals surface area contributed by atoms with Crippen molar-refractivity contribution >= 4 is 20.0 Å². The van der Waals surface area contributed by atoms with Gasteiger partial charge in [-0.1, -0.05) is 0 Å². The average Bonchev–Trinajstić information content (AvgIpc) is 2.48. The molecule has 0 spiro atoms. The van der Waals surface area contributed by atoms with Crippen molar-refractivity contribution in [3.8, 4) is 0 Å². The first kappa shape index (κ1) is 28.5. The molecule has 0 atom stereocenters. The van der Waals surface area contributed by atoms with Crippen molar-refractivity contribution < 1.29 is 57.1 Å². The monoisotopic (exact) mass is 456 g/mol. The zero-order valence-corrected chi connectivity index (χ0v) is 16.6. The minimum absolute atomic E-state index is 0.778. The second kappa shape index (κ2) is 10.8. The van der Waals surface area contributed by atoms with E-state index in [4.69, 9.17) is 9.47 Å². The van der Waals surface area contributed by atoms with E-state index in [0.717, 1.165) is 41.5 Å². The summed E-state index contributed by atoms with van der Waals surface area (Å²) >= 11 is 0. The Balaban J connectivity index is 0. The Morgan fingerprint density at radius 2 is 1.11 bits per heavy atom. The van der Waals surface area contributed by atoms with E-state index in [1.807, 2.05) is 0 Å². The summed E-state index contributed by atoms with van der Waals surface area (Å²) in [5, 5.41) is 0. The highest BCUT2D eigenvalue weighted by atomic mass is 32.3. The number of methoxy groups -OCH3 is 2. The van der Waals surface area contributed by atoms with Crippen LogP contribution >= 0.6 is 0 Å². The largest absolute Gasteiger partial charge is 0.480 e. The number of alkyl halides is 6. The maximum atomic E-state index is 11.4. The summed E-state index contributed by atoms with van der Waals surface area (Å²) in [6.07, 6.45) is 0. The van der Waals surface area contributed by atoms with Crippen LogP contribution < -0.4 is 0 Å². The van der Waals surface area contributed by atoms with Crippen LogP contribution in [0.3, 0.4) is 0 Å². The fourth-order valence-electron chi connectivity index (χ4n) is 1.27. The van der Waals surface area contributed by atoms with Gasteiger partial charge < -0.3 is 18.1 Å². The quantitative estimate of drug-likeness (QED) is 0.388. The first-order valence-corrected chi connectivity index (χ1v) is 9.95. The summed E-state index contributed by atoms with van der Waals surface area (Å²) < 4.78 is 120. The van der Waals surface area contributed by atoms with Gasteiger partial charge in [0.2, 0.25) is 0 Å². The average molecular weight is 456 g/mol. The van der Waals surface area contributed by atoms with Crippen LogP contribution in [0.25, 0.3) is 4.13 Å². The van der Waals surface area contributed by atoms with Gasteiger partial charge in [-0.25, -0.2) is 16.8 Å². The molecule has 16 heteroatoms. The first-order valence-electron chi connectivity index (χ1n) is 7.07. The number of ether oxygens (including phenoxy) is 2. The second-order valence-electron chi connectivity index (χ2n) is 5.28. The van der Waals surface area contributed by atoms with Crippen molar-refractivity contribution in [1.29, 1.82) is 0 Å². The van der Waals surface area contributed by atoms with Crippen LogP contribution in [0.1, 0.15) is 6.92 Å². The maximum absolute atomic E-state index is 11.4. The summed E-state index contributed by atoms with van der Waals surface area (Å²) in [4.78, 5) is 0. The highest BCUT2D eigenvalue weighted by Gasteiger charge is 2.46. The van der Waals surface area contributed by atoms with Crippen LogP contribution in [-0.4, -0.2) is 86.5 Å². The van der Waals surface area contributed by atoms with Crippen molar-refractivity contribution in [2.75, 3.05) is 54.1 Å². The van der Waals surface area contributed by atoms with E-state index in [9.17, 15) is 43.2 Å². The van der Waals surface area contributed by atoms with Crippen LogP contribution in [0.4, 0.5) is 26.3 Å². The van der Waals surface area contributed by atoms with Gasteiger partial charge in [-0.05, 0) is 6.92 Å². The molecule has 0 saturated carbocycles. The number of hydrogen-bond donors (Lipinski definition) is 0. The molecule has 0 rings (SSSR count). The molecular weight excluding hydrogens is 434 g/mol. The lowest BCUT2D eigenvalue weighted by Crippen LogP contribution is -2.48. The van der Waals surface area contributed by atoms with E-state index in [1.165, 1.54) is 0 Å². The number of rotatable bonds is 9. The van der Waals surface area contributed by atoms with Crippen LogP contribution in [0.5, 0.6) is 0 Å². The highest BCUT2D eigenvalue weighted by Crippen LogP contribution is 2.36. The number of halogens is 6. The van der Waals surface area contributed by atoms with E-state index in [-0.39, 0.29) is 0 Å². The van der Waals surface area contributed by atoms with Crippen molar-refractivity contribution in [2.24, 2.45) is 0 Å². The summed E-state index contributed by atoms with van der Waals surface area (Å²) in [7, 11) is -7.72. The third kappa shape index (κ3) is 10.4. The number of likely N-dealkylation sites (N-methyl/N-ethyl adjacent to an activating group) is 1. The molecule has 0 heterocycles. The predicted molar refractivity (Wildman–Crippen MR) is 83.5 cm³/mol. The molecule has 0 amide bonds. The molecule has 0 unspecified atom stereocenters. The zero-order chi connectivity index (χ0) is 22.2. The van der Waals surface area contributed by atoms with Gasteiger partial charge in [0.1, 0.15) is 13.1 Å². The number of quaternary nitrogens is 1. The molecule has 0 aliphatic rings. The Hall–Kier alpha value is -0.680. The van der Waals surface area contributed by atoms with Crippen LogP contribution in [0.15, 0.2) is 0 Å². The molecule has 0 aromatic carbocycles. The summed E-state index contributed by atoms with van der Waals surface area (Å²) in [6, 6.07) is 0. The molecule has 0 aliphatic heterocycles. The number of nitrogens with zero attached hydrogens (tertiary/aromatic N) is 2. The standard InChI is InChI=1S/C9H22NO2.C2F6NO4S2/c1-5-10(2,6-8-11-3)7-9-12-4;3-1(4,5)14(10,11)9-15(12,13)2(6,7)8/h5-9H2,1-4H3;/q+1;-1. The molecule has 0 N–H and O–H groups in total. The number of hydrogen-bond acceptors (Lipinski definition) is 6. The molecule has 27 heavy (non-hydrogen) atoms. The Morgan fingerprint density at radius 1 is 0.815 bits per heavy atom. The topological polar surface area (TPSA) is 101 Å². The van der Waals surface area contributed by atoms with E-state index >= 15 is 0 Å². The van der Waals surface area contributed by atoms with Gasteiger partial charge in [0.15, 0.2) is 20.0 Å². The van der Waals surface area contributed by atoms with Gasteiger partial charge in [-0.2, -0.15) is 26.3 Å². The van der Waals surface area contributed by atoms with E-state index < -0.39 is 31.1 Å². The molecule has 0 aliphatic carbocycles. The van der Waals surface area contributed by atoms with Gasteiger partial charge in [0.05, 0.1) is 26.8 Å². The van der Waals surface area contributed by atoms with Crippen molar-refractivity contribution in [3.63, 3.8) is 0 Å². The lowest BCUT2D eigenvalue weighted by Gasteiger charge is -2.32. The van der Waals surface area contributed by atoms with Gasteiger partial charge in [-0.3, -0.25) is 0 Å². The van der Waals surface area contributed by atoms with Crippen molar-refractivity contribution in [1.82, 2.24) is 0 Å². The van der Waals surface area contributed by atoms with Gasteiger partial charge in [0, 0.05) is 14.2 Å². The maximum Gasteiger partial charge on any atom is 0.480 e. The molecule has 0 saturated heterocycles. The highest BCUT2D eigenvalue weighted by molar-refractivity contribution is 8.13. The molecule has 0 fully saturated rings. The summed E-state index contributed by atoms with van der Waals surface area (Å²) in [5.41, 5.74) is -12.4. The minimum atomic E-state index is -6.72. The van der Waals surface area contributed by atoms with Gasteiger partial charge >= 0.3 is 11.0 Å². The molecule has 0 aromatic rings. The van der Waals surface area contributed by atoms with E-state index in [2.05, 4.69) is 14.0 Å². The second-order valence-corrected chi connectivity index (χ2v) is 8.71. The van der Waals surface area contributed by atoms with Crippen LogP contribution in [0.2, 0.25) is 0 Å². The first-order chi connectivity index (χ1) is 11.9. The number of sulfonamides is 2. The van der Waals surface area contributed by atoms with Crippen molar-refractivity contribution in [3.05, 3.63) is 4.13 Å². The lowest BCUT2D eigenvalue weighted by atomic mass is 10.4. The lowest BCUT2D eigenvalue weighted by molar-refractivity contribution is -0.908. The minimum Gasteiger partial charge on any atom is -0.421 e. The Labute approximate surface area is 154 Å². The zero-order valence-electron chi connectivity index (χ0n) is 15.0. The molecule has 166 valence electrons. The van der Waals surface area contributed by atoms with E-state index in [0.29, 0.717) is 0 Å². The summed E-state index contributed by atoms with van der Waals surface area (Å²) in [6.45, 7) is 7.12. The van der Waals surface area contributed by atoms with Gasteiger partial charge in [-0.15, -0.1) is 0 Å². The smallest absolute Gasteiger partial charge is 0.421 e. The normalized spacial score (nSPS) is 13.9. The molecule has 0 bridgehead atoms. The van der Waals surface area contributed by atoms with E-state index in [1.54, 1.807) is 14.2 Å². The third-order valence-corrected chi connectivity index (χ3v) is 5.96. The summed E-state index contributed by atoms with van der Waals surface area (Å²) in [5.74, 6) is 0. The molecule has 8 nitrogen and oxygen atoms in total. The predicted octanol–water partition coefficient (Wildman–Crippen LogP) is 1.80. The van der Waals surface area contributed by atoms with Crippen LogP contribution in [-0.2, 0) is 29.5 Å². The fourth-order valence-corrected chi connectivity index (χ4v) is 2.97. The molecule has 0 aromatic heterocycles. The Bertz CT molecular complexity index is 583. The fraction of sp³-hybridized carbons (Fsp3) is 1.00. The third-order valence-electron chi connectivity index (χ3n) is 3.22. The molecule has 0 radical (unpaired) electrons. The van der Waals surface area contributed by atoms with Crippen LogP contribution in [0, 0.1) is 0 Å². The van der Waals surface area contributed by atoms with Gasteiger partial charge in [0.25, 0.3) is 0 Å².